The Labute approximate surface area is 114 Å². The monoisotopic (exact) mass is 262 g/mol. The van der Waals surface area contributed by atoms with E-state index >= 15 is 0 Å². The lowest BCUT2D eigenvalue weighted by Gasteiger charge is -2.31. The molecular weight excluding hydrogens is 240 g/mol. The van der Waals surface area contributed by atoms with Crippen molar-refractivity contribution in [2.75, 3.05) is 7.05 Å². The highest BCUT2D eigenvalue weighted by atomic mass is 16.2. The van der Waals surface area contributed by atoms with Crippen LogP contribution < -0.4 is 0 Å². The number of aldehydes is 1. The second-order valence-corrected chi connectivity index (χ2v) is 5.29. The van der Waals surface area contributed by atoms with Gasteiger partial charge in [-0.15, -0.1) is 0 Å². The van der Waals surface area contributed by atoms with Gasteiger partial charge in [0.15, 0.2) is 6.29 Å². The van der Waals surface area contributed by atoms with Crippen molar-refractivity contribution < 1.29 is 9.59 Å². The third-order valence-corrected chi connectivity index (χ3v) is 4.07. The largest absolute Gasteiger partial charge is 0.345 e. The molecule has 0 atom stereocenters. The van der Waals surface area contributed by atoms with Crippen molar-refractivity contribution in [2.24, 2.45) is 0 Å². The lowest BCUT2D eigenvalue weighted by molar-refractivity contribution is -0.132. The Kier molecular flexibility index (Phi) is 4.77. The molecular formula is C15H22N2O2. The Bertz CT molecular complexity index is 433. The molecule has 1 aromatic heterocycles. The number of amides is 1. The van der Waals surface area contributed by atoms with E-state index in [1.54, 1.807) is 6.07 Å². The standard InChI is InChI=1S/C15H22N2O2/c1-16(13-6-3-2-4-7-13)15(19)9-11-17-10-5-8-14(17)12-18/h5,8,10,12-13H,2-4,6-7,9,11H2,1H3. The summed E-state index contributed by atoms with van der Waals surface area (Å²) in [5.74, 6) is 0.178. The Hall–Kier alpha value is -1.58. The summed E-state index contributed by atoms with van der Waals surface area (Å²) in [4.78, 5) is 24.9. The van der Waals surface area contributed by atoms with Crippen molar-refractivity contribution in [3.05, 3.63) is 24.0 Å². The van der Waals surface area contributed by atoms with Crippen LogP contribution in [0.1, 0.15) is 49.0 Å². The van der Waals surface area contributed by atoms with Gasteiger partial charge in [-0.05, 0) is 25.0 Å². The summed E-state index contributed by atoms with van der Waals surface area (Å²) in [6.45, 7) is 0.580. The van der Waals surface area contributed by atoms with Crippen molar-refractivity contribution in [3.63, 3.8) is 0 Å². The number of carbonyl (C=O) groups excluding carboxylic acids is 2. The first-order valence-electron chi connectivity index (χ1n) is 7.08. The number of aryl methyl sites for hydroxylation is 1. The Morgan fingerprint density at radius 3 is 2.84 bits per heavy atom. The van der Waals surface area contributed by atoms with E-state index in [1.165, 1.54) is 19.3 Å². The maximum absolute atomic E-state index is 12.2. The molecule has 1 aromatic rings. The lowest BCUT2D eigenvalue weighted by Crippen LogP contribution is -2.38. The normalized spacial score (nSPS) is 16.3. The summed E-state index contributed by atoms with van der Waals surface area (Å²) >= 11 is 0. The summed E-state index contributed by atoms with van der Waals surface area (Å²) in [6, 6.07) is 4.01. The fraction of sp³-hybridized carbons (Fsp3) is 0.600. The van der Waals surface area contributed by atoms with E-state index in [1.807, 2.05) is 28.8 Å². The third kappa shape index (κ3) is 3.46. The molecule has 0 spiro atoms. The van der Waals surface area contributed by atoms with Gasteiger partial charge in [0.25, 0.3) is 0 Å². The van der Waals surface area contributed by atoms with E-state index in [0.717, 1.165) is 19.1 Å². The molecule has 0 unspecified atom stereocenters. The fourth-order valence-corrected chi connectivity index (χ4v) is 2.80. The summed E-state index contributed by atoms with van der Waals surface area (Å²) in [7, 11) is 1.91. The first-order valence-corrected chi connectivity index (χ1v) is 7.08. The zero-order chi connectivity index (χ0) is 13.7. The van der Waals surface area contributed by atoms with Crippen molar-refractivity contribution >= 4 is 12.2 Å². The molecule has 1 fully saturated rings. The minimum Gasteiger partial charge on any atom is -0.345 e. The van der Waals surface area contributed by atoms with Crippen LogP contribution >= 0.6 is 0 Å². The van der Waals surface area contributed by atoms with Crippen LogP contribution in [0.2, 0.25) is 0 Å². The first kappa shape index (κ1) is 13.8. The zero-order valence-corrected chi connectivity index (χ0v) is 11.5. The highest BCUT2D eigenvalue weighted by molar-refractivity contribution is 5.76. The highest BCUT2D eigenvalue weighted by Gasteiger charge is 2.21. The maximum Gasteiger partial charge on any atom is 0.224 e. The Morgan fingerprint density at radius 1 is 1.42 bits per heavy atom. The Balaban J connectivity index is 1.85. The van der Waals surface area contributed by atoms with Gasteiger partial charge in [0.2, 0.25) is 5.91 Å². The molecule has 104 valence electrons. The molecule has 1 saturated carbocycles. The third-order valence-electron chi connectivity index (χ3n) is 4.07. The van der Waals surface area contributed by atoms with Crippen LogP contribution in [0, 0.1) is 0 Å². The van der Waals surface area contributed by atoms with E-state index in [-0.39, 0.29) is 5.91 Å². The summed E-state index contributed by atoms with van der Waals surface area (Å²) < 4.78 is 1.83. The number of hydrogen-bond donors (Lipinski definition) is 0. The molecule has 0 N–H and O–H groups in total. The number of nitrogens with zero attached hydrogens (tertiary/aromatic N) is 2. The van der Waals surface area contributed by atoms with Gasteiger partial charge in [0, 0.05) is 32.3 Å². The molecule has 0 radical (unpaired) electrons. The zero-order valence-electron chi connectivity index (χ0n) is 11.5. The summed E-state index contributed by atoms with van der Waals surface area (Å²) in [5.41, 5.74) is 0.633. The second kappa shape index (κ2) is 6.55. The van der Waals surface area contributed by atoms with Gasteiger partial charge in [-0.1, -0.05) is 19.3 Å². The first-order chi connectivity index (χ1) is 9.22. The van der Waals surface area contributed by atoms with E-state index in [4.69, 9.17) is 0 Å². The fourth-order valence-electron chi connectivity index (χ4n) is 2.80. The maximum atomic E-state index is 12.2. The molecule has 0 saturated heterocycles. The van der Waals surface area contributed by atoms with Gasteiger partial charge < -0.3 is 9.47 Å². The van der Waals surface area contributed by atoms with E-state index in [2.05, 4.69) is 0 Å². The van der Waals surface area contributed by atoms with Crippen LogP contribution in [0.3, 0.4) is 0 Å². The average molecular weight is 262 g/mol. The van der Waals surface area contributed by atoms with Crippen molar-refractivity contribution in [1.82, 2.24) is 9.47 Å². The lowest BCUT2D eigenvalue weighted by atomic mass is 9.94. The molecule has 0 bridgehead atoms. The van der Waals surface area contributed by atoms with Crippen molar-refractivity contribution in [2.45, 2.75) is 51.1 Å². The molecule has 0 aromatic carbocycles. The Morgan fingerprint density at radius 2 is 2.16 bits per heavy atom. The van der Waals surface area contributed by atoms with Crippen LogP contribution in [0.5, 0.6) is 0 Å². The number of hydrogen-bond acceptors (Lipinski definition) is 2. The predicted octanol–water partition coefficient (Wildman–Crippen LogP) is 2.48. The van der Waals surface area contributed by atoms with Crippen LogP contribution in [-0.4, -0.2) is 34.7 Å². The van der Waals surface area contributed by atoms with Crippen LogP contribution in [0.25, 0.3) is 0 Å². The van der Waals surface area contributed by atoms with Gasteiger partial charge in [-0.2, -0.15) is 0 Å². The molecule has 19 heavy (non-hydrogen) atoms. The van der Waals surface area contributed by atoms with E-state index < -0.39 is 0 Å². The summed E-state index contributed by atoms with van der Waals surface area (Å²) in [5, 5.41) is 0. The number of rotatable bonds is 5. The van der Waals surface area contributed by atoms with Gasteiger partial charge in [0.05, 0.1) is 5.69 Å². The van der Waals surface area contributed by atoms with Crippen LogP contribution in [0.15, 0.2) is 18.3 Å². The van der Waals surface area contributed by atoms with Gasteiger partial charge in [-0.25, -0.2) is 0 Å². The van der Waals surface area contributed by atoms with Crippen LogP contribution in [-0.2, 0) is 11.3 Å². The van der Waals surface area contributed by atoms with Gasteiger partial charge in [0.1, 0.15) is 0 Å². The van der Waals surface area contributed by atoms with E-state index in [0.29, 0.717) is 24.7 Å². The molecule has 4 nitrogen and oxygen atoms in total. The molecule has 0 aliphatic heterocycles. The molecule has 1 amide bonds. The second-order valence-electron chi connectivity index (χ2n) is 5.29. The van der Waals surface area contributed by atoms with Crippen molar-refractivity contribution in [3.8, 4) is 0 Å². The SMILES string of the molecule is CN(C(=O)CCn1cccc1C=O)C1CCCCC1. The van der Waals surface area contributed by atoms with E-state index in [9.17, 15) is 9.59 Å². The highest BCUT2D eigenvalue weighted by Crippen LogP contribution is 2.22. The molecule has 1 aliphatic rings. The topological polar surface area (TPSA) is 42.3 Å². The molecule has 2 rings (SSSR count). The minimum atomic E-state index is 0.178. The average Bonchev–Trinajstić information content (AvgIpc) is 2.92. The predicted molar refractivity (Wildman–Crippen MR) is 74.1 cm³/mol. The van der Waals surface area contributed by atoms with Crippen molar-refractivity contribution in [1.29, 1.82) is 0 Å². The molecule has 4 heteroatoms. The number of carbonyl (C=O) groups is 2. The smallest absolute Gasteiger partial charge is 0.224 e. The number of aromatic nitrogens is 1. The minimum absolute atomic E-state index is 0.178. The van der Waals surface area contributed by atoms with Gasteiger partial charge in [-0.3, -0.25) is 9.59 Å². The van der Waals surface area contributed by atoms with Crippen LogP contribution in [0.4, 0.5) is 0 Å². The quantitative estimate of drug-likeness (QED) is 0.765. The molecule has 1 aliphatic carbocycles. The molecule has 1 heterocycles. The van der Waals surface area contributed by atoms with Gasteiger partial charge >= 0.3 is 0 Å². The summed E-state index contributed by atoms with van der Waals surface area (Å²) in [6.07, 6.45) is 9.15.